The zero-order valence-electron chi connectivity index (χ0n) is 17.6. The molecular weight excluding hydrogens is 408 g/mol. The van der Waals surface area contributed by atoms with Gasteiger partial charge in [0.25, 0.3) is 0 Å². The summed E-state index contributed by atoms with van der Waals surface area (Å²) < 4.78 is 5.36. The van der Waals surface area contributed by atoms with Crippen LogP contribution in [0, 0.1) is 5.92 Å². The van der Waals surface area contributed by atoms with Crippen LogP contribution in [0.4, 0.5) is 0 Å². The summed E-state index contributed by atoms with van der Waals surface area (Å²) in [6.07, 6.45) is 7.97. The van der Waals surface area contributed by atoms with Gasteiger partial charge in [-0.15, -0.1) is 0 Å². The predicted octanol–water partition coefficient (Wildman–Crippen LogP) is 4.47. The highest BCUT2D eigenvalue weighted by Crippen LogP contribution is 2.23. The Hall–Kier alpha value is -3.71. The Morgan fingerprint density at radius 1 is 0.969 bits per heavy atom. The lowest BCUT2D eigenvalue weighted by atomic mass is 9.95. The molecule has 32 heavy (non-hydrogen) atoms. The summed E-state index contributed by atoms with van der Waals surface area (Å²) in [7, 11) is 0. The Bertz CT molecular complexity index is 1060. The highest BCUT2D eigenvalue weighted by Gasteiger charge is 2.17. The number of hydrogen-bond donors (Lipinski definition) is 2. The van der Waals surface area contributed by atoms with E-state index in [1.54, 1.807) is 0 Å². The lowest BCUT2D eigenvalue weighted by Crippen LogP contribution is -2.32. The average molecular weight is 434 g/mol. The van der Waals surface area contributed by atoms with Gasteiger partial charge in [-0.1, -0.05) is 53.7 Å². The van der Waals surface area contributed by atoms with Gasteiger partial charge in [-0.2, -0.15) is 0 Å². The van der Waals surface area contributed by atoms with Gasteiger partial charge in [-0.25, -0.2) is 9.59 Å². The van der Waals surface area contributed by atoms with E-state index in [0.29, 0.717) is 18.1 Å². The lowest BCUT2D eigenvalue weighted by molar-refractivity contribution is -0.134. The smallest absolute Gasteiger partial charge is 0.328 e. The molecule has 1 aromatic heterocycles. The summed E-state index contributed by atoms with van der Waals surface area (Å²) >= 11 is 0. The molecule has 7 heteroatoms. The maximum absolute atomic E-state index is 9.55. The molecule has 0 spiro atoms. The van der Waals surface area contributed by atoms with E-state index in [4.69, 9.17) is 14.7 Å². The van der Waals surface area contributed by atoms with Gasteiger partial charge in [0.2, 0.25) is 0 Å². The number of allylic oxidation sites excluding steroid dienone is 1. The highest BCUT2D eigenvalue weighted by molar-refractivity contribution is 5.89. The highest BCUT2D eigenvalue weighted by atomic mass is 16.5. The molecule has 0 saturated carbocycles. The van der Waals surface area contributed by atoms with Gasteiger partial charge in [-0.3, -0.25) is 4.90 Å². The van der Waals surface area contributed by atoms with E-state index in [1.807, 2.05) is 18.2 Å². The number of likely N-dealkylation sites (tertiary alicyclic amines) is 1. The molecule has 166 valence electrons. The Morgan fingerprint density at radius 3 is 2.25 bits per heavy atom. The van der Waals surface area contributed by atoms with Crippen molar-refractivity contribution in [3.63, 3.8) is 0 Å². The van der Waals surface area contributed by atoms with Gasteiger partial charge >= 0.3 is 11.9 Å². The fourth-order valence-corrected chi connectivity index (χ4v) is 3.54. The largest absolute Gasteiger partial charge is 0.478 e. The fraction of sp³-hybridized carbons (Fsp3) is 0.240. The number of nitrogens with zero attached hydrogens (tertiary/aromatic N) is 2. The van der Waals surface area contributed by atoms with Crippen molar-refractivity contribution in [3.05, 3.63) is 84.1 Å². The minimum atomic E-state index is -1.26. The Kier molecular flexibility index (Phi) is 8.34. The maximum atomic E-state index is 9.55. The third-order valence-corrected chi connectivity index (χ3v) is 5.18. The first-order valence-corrected chi connectivity index (χ1v) is 10.4. The minimum absolute atomic E-state index is 0.558. The Morgan fingerprint density at radius 2 is 1.59 bits per heavy atom. The fourth-order valence-electron chi connectivity index (χ4n) is 3.54. The first kappa shape index (κ1) is 23.0. The normalized spacial score (nSPS) is 15.1. The van der Waals surface area contributed by atoms with Gasteiger partial charge in [0.1, 0.15) is 5.69 Å². The summed E-state index contributed by atoms with van der Waals surface area (Å²) in [6, 6.07) is 18.8. The summed E-state index contributed by atoms with van der Waals surface area (Å²) in [4.78, 5) is 21.7. The summed E-state index contributed by atoms with van der Waals surface area (Å²) in [5.41, 5.74) is 3.20. The zero-order valence-corrected chi connectivity index (χ0v) is 17.6. The monoisotopic (exact) mass is 434 g/mol. The number of aromatic nitrogens is 1. The number of para-hydroxylation sites is 1. The van der Waals surface area contributed by atoms with Crippen LogP contribution in [0.5, 0.6) is 0 Å². The minimum Gasteiger partial charge on any atom is -0.478 e. The van der Waals surface area contributed by atoms with Crippen LogP contribution in [0.15, 0.2) is 77.3 Å². The van der Waals surface area contributed by atoms with Crippen LogP contribution in [-0.4, -0.2) is 45.3 Å². The van der Waals surface area contributed by atoms with Crippen LogP contribution < -0.4 is 0 Å². The van der Waals surface area contributed by atoms with Crippen molar-refractivity contribution >= 4 is 29.0 Å². The molecule has 1 aliphatic rings. The van der Waals surface area contributed by atoms with Gasteiger partial charge < -0.3 is 14.7 Å². The van der Waals surface area contributed by atoms with Crippen molar-refractivity contribution in [2.75, 3.05) is 13.1 Å². The average Bonchev–Trinajstić information content (AvgIpc) is 3.22. The SMILES string of the molecule is C(=C\C1CCN(Cc2ccccc2)CC1)/c1noc2ccccc12.O=C(O)/C=C\C(=O)O. The molecule has 3 aromatic rings. The quantitative estimate of drug-likeness (QED) is 0.552. The maximum Gasteiger partial charge on any atom is 0.328 e. The van der Waals surface area contributed by atoms with Crippen molar-refractivity contribution in [1.82, 2.24) is 10.1 Å². The van der Waals surface area contributed by atoms with E-state index in [0.717, 1.165) is 36.3 Å². The Labute approximate surface area is 186 Å². The number of aliphatic carboxylic acids is 2. The molecule has 1 aliphatic heterocycles. The van der Waals surface area contributed by atoms with Gasteiger partial charge in [0.15, 0.2) is 5.58 Å². The van der Waals surface area contributed by atoms with Crippen molar-refractivity contribution in [1.29, 1.82) is 0 Å². The number of carbonyl (C=O) groups is 2. The van der Waals surface area contributed by atoms with Gasteiger partial charge in [0.05, 0.1) is 0 Å². The number of rotatable bonds is 6. The molecule has 1 fully saturated rings. The number of fused-ring (bicyclic) bond motifs is 1. The van der Waals surface area contributed by atoms with Crippen LogP contribution in [0.25, 0.3) is 17.0 Å². The molecule has 0 bridgehead atoms. The predicted molar refractivity (Wildman–Crippen MR) is 122 cm³/mol. The number of carboxylic acid groups (broad SMARTS) is 2. The Balaban J connectivity index is 0.000000312. The number of carboxylic acids is 2. The van der Waals surface area contributed by atoms with Crippen LogP contribution in [-0.2, 0) is 16.1 Å². The molecule has 4 rings (SSSR count). The van der Waals surface area contributed by atoms with Gasteiger partial charge in [0, 0.05) is 24.1 Å². The van der Waals surface area contributed by atoms with Crippen LogP contribution in [0.3, 0.4) is 0 Å². The first-order valence-electron chi connectivity index (χ1n) is 10.4. The molecule has 0 unspecified atom stereocenters. The van der Waals surface area contributed by atoms with Crippen molar-refractivity contribution in [2.45, 2.75) is 19.4 Å². The van der Waals surface area contributed by atoms with E-state index >= 15 is 0 Å². The first-order chi connectivity index (χ1) is 15.5. The third kappa shape index (κ3) is 7.21. The summed E-state index contributed by atoms with van der Waals surface area (Å²) in [5.74, 6) is -1.88. The van der Waals surface area contributed by atoms with E-state index in [-0.39, 0.29) is 0 Å². The van der Waals surface area contributed by atoms with Crippen molar-refractivity contribution in [2.24, 2.45) is 5.92 Å². The number of piperidine rings is 1. The summed E-state index contributed by atoms with van der Waals surface area (Å²) in [5, 5.41) is 20.9. The standard InChI is InChI=1S/C21H22N2O.C4H4O4/c1-2-6-18(7-3-1)16-23-14-12-17(13-15-23)10-11-20-19-8-4-5-9-21(19)24-22-20;5-3(6)1-2-4(7)8/h1-11,17H,12-16H2;1-2H,(H,5,6)(H,7,8)/b11-10+;2-1-. The van der Waals surface area contributed by atoms with E-state index in [1.165, 1.54) is 18.4 Å². The molecule has 2 heterocycles. The van der Waals surface area contributed by atoms with E-state index < -0.39 is 11.9 Å². The molecule has 2 aromatic carbocycles. The molecule has 1 saturated heterocycles. The lowest BCUT2D eigenvalue weighted by Gasteiger charge is -2.30. The van der Waals surface area contributed by atoms with Gasteiger partial charge in [-0.05, 0) is 55.6 Å². The van der Waals surface area contributed by atoms with Crippen LogP contribution in [0.2, 0.25) is 0 Å². The summed E-state index contributed by atoms with van der Waals surface area (Å²) in [6.45, 7) is 3.37. The second-order valence-electron chi connectivity index (χ2n) is 7.53. The number of benzene rings is 2. The van der Waals surface area contributed by atoms with E-state index in [2.05, 4.69) is 58.6 Å². The third-order valence-electron chi connectivity index (χ3n) is 5.18. The molecule has 0 amide bonds. The number of hydrogen-bond acceptors (Lipinski definition) is 5. The molecular formula is C25H26N2O5. The van der Waals surface area contributed by atoms with Crippen molar-refractivity contribution < 1.29 is 24.3 Å². The van der Waals surface area contributed by atoms with Crippen LogP contribution in [0.1, 0.15) is 24.1 Å². The van der Waals surface area contributed by atoms with E-state index in [9.17, 15) is 9.59 Å². The molecule has 0 radical (unpaired) electrons. The topological polar surface area (TPSA) is 104 Å². The molecule has 2 N–H and O–H groups in total. The molecule has 0 atom stereocenters. The molecule has 0 aliphatic carbocycles. The zero-order chi connectivity index (χ0) is 22.8. The second-order valence-corrected chi connectivity index (χ2v) is 7.53. The molecule has 7 nitrogen and oxygen atoms in total. The van der Waals surface area contributed by atoms with Crippen LogP contribution >= 0.6 is 0 Å². The second kappa shape index (κ2) is 11.6. The van der Waals surface area contributed by atoms with Crippen molar-refractivity contribution in [3.8, 4) is 0 Å².